The zero-order chi connectivity index (χ0) is 14.0. The number of halogens is 2. The number of aryl methyl sites for hydroxylation is 1. The normalized spacial score (nSPS) is 10.5. The Hall–Kier alpha value is -2.51. The summed E-state index contributed by atoms with van der Waals surface area (Å²) in [4.78, 5) is 9.67. The second-order valence-electron chi connectivity index (χ2n) is 3.92. The van der Waals surface area contributed by atoms with Crippen molar-refractivity contribution in [3.05, 3.63) is 51.8 Å². The van der Waals surface area contributed by atoms with E-state index in [2.05, 4.69) is 10.4 Å². The molecule has 2 aromatic rings. The van der Waals surface area contributed by atoms with Gasteiger partial charge in [0.1, 0.15) is 5.82 Å². The predicted molar refractivity (Wildman–Crippen MR) is 63.5 cm³/mol. The molecule has 0 saturated carbocycles. The van der Waals surface area contributed by atoms with Crippen LogP contribution in [0, 0.1) is 21.7 Å². The third-order valence-electron chi connectivity index (χ3n) is 2.47. The van der Waals surface area contributed by atoms with E-state index in [9.17, 15) is 18.9 Å². The predicted octanol–water partition coefficient (Wildman–Crippen LogP) is 2.22. The van der Waals surface area contributed by atoms with Gasteiger partial charge >= 0.3 is 5.69 Å². The van der Waals surface area contributed by atoms with Crippen molar-refractivity contribution >= 4 is 11.4 Å². The van der Waals surface area contributed by atoms with Crippen LogP contribution in [-0.4, -0.2) is 14.7 Å². The van der Waals surface area contributed by atoms with Gasteiger partial charge in [-0.05, 0) is 0 Å². The van der Waals surface area contributed by atoms with Gasteiger partial charge in [-0.15, -0.1) is 0 Å². The Bertz CT molecular complexity index is 627. The summed E-state index contributed by atoms with van der Waals surface area (Å²) in [5.41, 5.74) is -0.124. The van der Waals surface area contributed by atoms with Gasteiger partial charge in [-0.25, -0.2) is 4.39 Å². The lowest BCUT2D eigenvalue weighted by Gasteiger charge is -2.06. The fraction of sp³-hybridized carbons (Fsp3) is 0.182. The number of hydrogen-bond acceptors (Lipinski definition) is 4. The highest BCUT2D eigenvalue weighted by Crippen LogP contribution is 2.25. The quantitative estimate of drug-likeness (QED) is 0.681. The average Bonchev–Trinajstić information content (AvgIpc) is 2.73. The van der Waals surface area contributed by atoms with Crippen LogP contribution in [0.25, 0.3) is 0 Å². The van der Waals surface area contributed by atoms with Crippen LogP contribution in [0.5, 0.6) is 0 Å². The van der Waals surface area contributed by atoms with Crippen molar-refractivity contribution in [1.29, 1.82) is 0 Å². The van der Waals surface area contributed by atoms with Crippen LogP contribution in [0.2, 0.25) is 0 Å². The SMILES string of the molecule is Cn1cc(CNc2cc([N+](=O)[O-])c(F)cc2F)cn1. The van der Waals surface area contributed by atoms with Gasteiger partial charge in [0.15, 0.2) is 0 Å². The zero-order valence-corrected chi connectivity index (χ0v) is 9.93. The van der Waals surface area contributed by atoms with Crippen molar-refractivity contribution < 1.29 is 13.7 Å². The molecule has 1 heterocycles. The van der Waals surface area contributed by atoms with Gasteiger partial charge in [0.25, 0.3) is 0 Å². The molecule has 0 aliphatic heterocycles. The first-order valence-corrected chi connectivity index (χ1v) is 5.32. The first-order valence-electron chi connectivity index (χ1n) is 5.32. The smallest absolute Gasteiger partial charge is 0.307 e. The molecule has 0 atom stereocenters. The molecule has 1 aromatic carbocycles. The summed E-state index contributed by atoms with van der Waals surface area (Å²) < 4.78 is 28.2. The molecule has 2 rings (SSSR count). The van der Waals surface area contributed by atoms with Gasteiger partial charge in [0.05, 0.1) is 16.8 Å². The molecule has 1 N–H and O–H groups in total. The van der Waals surface area contributed by atoms with E-state index in [0.29, 0.717) is 6.07 Å². The number of nitrogens with zero attached hydrogens (tertiary/aromatic N) is 3. The Labute approximate surface area is 106 Å². The number of nitro benzene ring substituents is 1. The van der Waals surface area contributed by atoms with Crippen LogP contribution in [0.1, 0.15) is 5.56 Å². The van der Waals surface area contributed by atoms with E-state index >= 15 is 0 Å². The summed E-state index contributed by atoms with van der Waals surface area (Å²) in [6, 6.07) is 1.32. The maximum absolute atomic E-state index is 13.5. The Balaban J connectivity index is 2.20. The molecule has 0 spiro atoms. The monoisotopic (exact) mass is 268 g/mol. The summed E-state index contributed by atoms with van der Waals surface area (Å²) in [7, 11) is 1.73. The van der Waals surface area contributed by atoms with Gasteiger partial charge in [-0.2, -0.15) is 9.49 Å². The molecule has 1 aromatic heterocycles. The van der Waals surface area contributed by atoms with Gasteiger partial charge in [0.2, 0.25) is 5.82 Å². The lowest BCUT2D eigenvalue weighted by atomic mass is 10.2. The Morgan fingerprint density at radius 2 is 2.16 bits per heavy atom. The molecule has 0 bridgehead atoms. The highest BCUT2D eigenvalue weighted by atomic mass is 19.1. The molecule has 100 valence electrons. The van der Waals surface area contributed by atoms with Crippen LogP contribution in [0.3, 0.4) is 0 Å². The maximum Gasteiger partial charge on any atom is 0.307 e. The second-order valence-corrected chi connectivity index (χ2v) is 3.92. The van der Waals surface area contributed by atoms with E-state index in [1.165, 1.54) is 0 Å². The molecular formula is C11H10F2N4O2. The van der Waals surface area contributed by atoms with Gasteiger partial charge in [0, 0.05) is 37.5 Å². The average molecular weight is 268 g/mol. The van der Waals surface area contributed by atoms with Crippen molar-refractivity contribution in [2.45, 2.75) is 6.54 Å². The molecule has 0 radical (unpaired) electrons. The first kappa shape index (κ1) is 12.9. The van der Waals surface area contributed by atoms with Gasteiger partial charge in [-0.1, -0.05) is 0 Å². The molecule has 0 aliphatic rings. The second kappa shape index (κ2) is 5.01. The molecule has 0 amide bonds. The number of rotatable bonds is 4. The van der Waals surface area contributed by atoms with E-state index in [4.69, 9.17) is 0 Å². The fourth-order valence-electron chi connectivity index (χ4n) is 1.57. The molecule has 0 fully saturated rings. The summed E-state index contributed by atoms with van der Waals surface area (Å²) in [5.74, 6) is -2.08. The van der Waals surface area contributed by atoms with Gasteiger partial charge in [-0.3, -0.25) is 14.8 Å². The van der Waals surface area contributed by atoms with E-state index in [-0.39, 0.29) is 12.2 Å². The summed E-state index contributed by atoms with van der Waals surface area (Å²) in [6.07, 6.45) is 3.28. The van der Waals surface area contributed by atoms with Crippen molar-refractivity contribution in [3.63, 3.8) is 0 Å². The zero-order valence-electron chi connectivity index (χ0n) is 9.93. The summed E-state index contributed by atoms with van der Waals surface area (Å²) in [6.45, 7) is 0.230. The van der Waals surface area contributed by atoms with Crippen LogP contribution in [0.4, 0.5) is 20.2 Å². The molecular weight excluding hydrogens is 258 g/mol. The van der Waals surface area contributed by atoms with Crippen LogP contribution < -0.4 is 5.32 Å². The van der Waals surface area contributed by atoms with Crippen LogP contribution >= 0.6 is 0 Å². The van der Waals surface area contributed by atoms with Crippen molar-refractivity contribution in [2.75, 3.05) is 5.32 Å². The Morgan fingerprint density at radius 3 is 2.74 bits per heavy atom. The largest absolute Gasteiger partial charge is 0.378 e. The van der Waals surface area contributed by atoms with E-state index < -0.39 is 22.2 Å². The van der Waals surface area contributed by atoms with Crippen molar-refractivity contribution in [3.8, 4) is 0 Å². The fourth-order valence-corrected chi connectivity index (χ4v) is 1.57. The lowest BCUT2D eigenvalue weighted by Crippen LogP contribution is -2.03. The van der Waals surface area contributed by atoms with E-state index in [1.807, 2.05) is 0 Å². The standard InChI is InChI=1S/C11H10F2N4O2/c1-16-6-7(5-15-16)4-14-10-3-11(17(18)19)9(13)2-8(10)12/h2-3,5-6,14H,4H2,1H3. The highest BCUT2D eigenvalue weighted by Gasteiger charge is 2.18. The van der Waals surface area contributed by atoms with Crippen LogP contribution in [0.15, 0.2) is 24.5 Å². The number of nitro groups is 1. The topological polar surface area (TPSA) is 73.0 Å². The molecule has 6 nitrogen and oxygen atoms in total. The van der Waals surface area contributed by atoms with Crippen LogP contribution in [-0.2, 0) is 13.6 Å². The van der Waals surface area contributed by atoms with E-state index in [1.54, 1.807) is 24.1 Å². The number of benzene rings is 1. The number of nitrogens with one attached hydrogen (secondary N) is 1. The number of anilines is 1. The Kier molecular flexibility index (Phi) is 3.41. The lowest BCUT2D eigenvalue weighted by molar-refractivity contribution is -0.387. The molecule has 0 saturated heterocycles. The minimum Gasteiger partial charge on any atom is -0.378 e. The third kappa shape index (κ3) is 2.84. The summed E-state index contributed by atoms with van der Waals surface area (Å²) >= 11 is 0. The van der Waals surface area contributed by atoms with E-state index in [0.717, 1.165) is 11.6 Å². The minimum atomic E-state index is -1.20. The van der Waals surface area contributed by atoms with Gasteiger partial charge < -0.3 is 5.32 Å². The number of hydrogen-bond donors (Lipinski definition) is 1. The van der Waals surface area contributed by atoms with Crippen molar-refractivity contribution in [2.24, 2.45) is 7.05 Å². The minimum absolute atomic E-state index is 0.128. The molecule has 0 unspecified atom stereocenters. The Morgan fingerprint density at radius 1 is 1.42 bits per heavy atom. The molecule has 8 heteroatoms. The summed E-state index contributed by atoms with van der Waals surface area (Å²) in [5, 5.41) is 17.2. The molecule has 0 aliphatic carbocycles. The maximum atomic E-state index is 13.5. The molecule has 19 heavy (non-hydrogen) atoms. The van der Waals surface area contributed by atoms with Crippen molar-refractivity contribution in [1.82, 2.24) is 9.78 Å². The number of aromatic nitrogens is 2. The third-order valence-corrected chi connectivity index (χ3v) is 2.47. The first-order chi connectivity index (χ1) is 8.97. The highest BCUT2D eigenvalue weighted by molar-refractivity contribution is 5.53.